The topological polar surface area (TPSA) is 57.7 Å². The van der Waals surface area contributed by atoms with E-state index >= 15 is 0 Å². The third-order valence-electron chi connectivity index (χ3n) is 2.98. The van der Waals surface area contributed by atoms with Gasteiger partial charge in [0, 0.05) is 19.6 Å². The molecule has 0 aromatic carbocycles. The fraction of sp³-hybridized carbons (Fsp3) is 0.900. The average Bonchev–Trinajstić information content (AvgIpc) is 2.30. The highest BCUT2D eigenvalue weighted by atomic mass is 32.2. The molecule has 1 atom stereocenters. The number of rotatable bonds is 5. The molecule has 1 saturated heterocycles. The van der Waals surface area contributed by atoms with Gasteiger partial charge in [0.15, 0.2) is 0 Å². The molecule has 0 bridgehead atoms. The normalized spacial score (nSPS) is 23.6. The van der Waals surface area contributed by atoms with Crippen LogP contribution in [0.4, 0.5) is 0 Å². The molecule has 0 aromatic heterocycles. The van der Waals surface area contributed by atoms with Crippen molar-refractivity contribution in [2.75, 3.05) is 19.6 Å². The molecule has 0 amide bonds. The maximum absolute atomic E-state index is 12.2. The fourth-order valence-electron chi connectivity index (χ4n) is 2.05. The fourth-order valence-corrected chi connectivity index (χ4v) is 3.86. The summed E-state index contributed by atoms with van der Waals surface area (Å²) in [6, 6.07) is -0.473. The molecule has 1 aliphatic rings. The van der Waals surface area contributed by atoms with E-state index < -0.39 is 16.3 Å². The molecule has 0 saturated carbocycles. The lowest BCUT2D eigenvalue weighted by atomic mass is 10.1. The van der Waals surface area contributed by atoms with E-state index in [-0.39, 0.29) is 0 Å². The zero-order chi connectivity index (χ0) is 12.2. The quantitative estimate of drug-likeness (QED) is 0.670. The van der Waals surface area contributed by atoms with Crippen molar-refractivity contribution in [2.45, 2.75) is 39.2 Å². The largest absolute Gasteiger partial charge is 0.302 e. The molecule has 1 unspecified atom stereocenters. The number of carbonyl (C=O) groups is 1. The monoisotopic (exact) mass is 248 g/mol. The van der Waals surface area contributed by atoms with Crippen molar-refractivity contribution in [1.29, 1.82) is 0 Å². The van der Waals surface area contributed by atoms with Crippen LogP contribution in [0.15, 0.2) is 0 Å². The van der Waals surface area contributed by atoms with E-state index in [4.69, 9.17) is 0 Å². The van der Waals surface area contributed by atoms with Crippen molar-refractivity contribution >= 4 is 16.5 Å². The lowest BCUT2D eigenvalue weighted by Crippen LogP contribution is -2.51. The molecule has 1 fully saturated rings. The van der Waals surface area contributed by atoms with Crippen molar-refractivity contribution in [3.63, 3.8) is 0 Å². The number of carbonyl (C=O) groups excluding carboxylic acids is 1. The summed E-state index contributed by atoms with van der Waals surface area (Å²) >= 11 is 0. The molecular weight excluding hydrogens is 228 g/mol. The van der Waals surface area contributed by atoms with Crippen molar-refractivity contribution in [3.8, 4) is 0 Å². The summed E-state index contributed by atoms with van der Waals surface area (Å²) in [5, 5.41) is 0. The van der Waals surface area contributed by atoms with Crippen LogP contribution < -0.4 is 0 Å². The Kier molecular flexibility index (Phi) is 4.89. The van der Waals surface area contributed by atoms with Crippen LogP contribution in [-0.2, 0) is 15.0 Å². The minimum absolute atomic E-state index is 0.445. The molecule has 16 heavy (non-hydrogen) atoms. The Morgan fingerprint density at radius 3 is 2.44 bits per heavy atom. The van der Waals surface area contributed by atoms with Crippen LogP contribution in [0.25, 0.3) is 0 Å². The van der Waals surface area contributed by atoms with Gasteiger partial charge in [0.1, 0.15) is 6.29 Å². The van der Waals surface area contributed by atoms with Gasteiger partial charge in [-0.05, 0) is 12.8 Å². The second-order valence-electron chi connectivity index (χ2n) is 3.90. The van der Waals surface area contributed by atoms with Crippen LogP contribution in [-0.4, -0.2) is 49.0 Å². The molecule has 1 heterocycles. The number of hydrogen-bond donors (Lipinski definition) is 0. The van der Waals surface area contributed by atoms with Gasteiger partial charge in [-0.15, -0.1) is 0 Å². The Morgan fingerprint density at radius 1 is 1.31 bits per heavy atom. The molecule has 6 heteroatoms. The summed E-state index contributed by atoms with van der Waals surface area (Å²) in [6.45, 7) is 4.96. The van der Waals surface area contributed by atoms with Gasteiger partial charge in [-0.2, -0.15) is 17.0 Å². The van der Waals surface area contributed by atoms with E-state index in [1.165, 1.54) is 8.61 Å². The summed E-state index contributed by atoms with van der Waals surface area (Å²) in [6.07, 6.45) is 3.16. The van der Waals surface area contributed by atoms with Crippen LogP contribution in [0.1, 0.15) is 33.1 Å². The molecule has 94 valence electrons. The highest BCUT2D eigenvalue weighted by molar-refractivity contribution is 7.86. The minimum atomic E-state index is -3.45. The maximum atomic E-state index is 12.2. The molecule has 1 aliphatic heterocycles. The Labute approximate surface area is 97.6 Å². The average molecular weight is 248 g/mol. The molecule has 0 aliphatic carbocycles. The Balaban J connectivity index is 2.91. The first-order chi connectivity index (χ1) is 7.57. The Bertz CT molecular complexity index is 325. The molecular formula is C10H20N2O3S. The lowest BCUT2D eigenvalue weighted by Gasteiger charge is -2.34. The molecule has 1 rings (SSSR count). The van der Waals surface area contributed by atoms with E-state index in [1.54, 1.807) is 13.8 Å². The standard InChI is InChI=1S/C10H20N2O3S/c1-3-11(4-2)16(14,15)12-8-6-5-7-10(12)9-13/h9-10H,3-8H2,1-2H3. The molecule has 0 N–H and O–H groups in total. The Hall–Kier alpha value is -0.460. The number of piperidine rings is 1. The molecule has 5 nitrogen and oxygen atoms in total. The summed E-state index contributed by atoms with van der Waals surface area (Å²) in [4.78, 5) is 10.9. The highest BCUT2D eigenvalue weighted by Gasteiger charge is 2.34. The van der Waals surface area contributed by atoms with Gasteiger partial charge in [-0.3, -0.25) is 0 Å². The van der Waals surface area contributed by atoms with Crippen molar-refractivity contribution in [1.82, 2.24) is 8.61 Å². The summed E-state index contributed by atoms with van der Waals surface area (Å²) < 4.78 is 27.2. The molecule has 0 aromatic rings. The highest BCUT2D eigenvalue weighted by Crippen LogP contribution is 2.21. The predicted octanol–water partition coefficient (Wildman–Crippen LogP) is 0.626. The first kappa shape index (κ1) is 13.6. The van der Waals surface area contributed by atoms with Crippen molar-refractivity contribution < 1.29 is 13.2 Å². The summed E-state index contributed by atoms with van der Waals surface area (Å²) in [7, 11) is -3.45. The van der Waals surface area contributed by atoms with E-state index in [0.29, 0.717) is 26.1 Å². The van der Waals surface area contributed by atoms with Crippen molar-refractivity contribution in [3.05, 3.63) is 0 Å². The number of aldehydes is 1. The lowest BCUT2D eigenvalue weighted by molar-refractivity contribution is -0.111. The van der Waals surface area contributed by atoms with Gasteiger partial charge in [0.05, 0.1) is 6.04 Å². The molecule has 0 spiro atoms. The van der Waals surface area contributed by atoms with E-state index in [2.05, 4.69) is 0 Å². The van der Waals surface area contributed by atoms with Gasteiger partial charge in [0.2, 0.25) is 0 Å². The third kappa shape index (κ3) is 2.61. The van der Waals surface area contributed by atoms with Crippen LogP contribution in [0.5, 0.6) is 0 Å². The minimum Gasteiger partial charge on any atom is -0.302 e. The Morgan fingerprint density at radius 2 is 1.94 bits per heavy atom. The van der Waals surface area contributed by atoms with Gasteiger partial charge >= 0.3 is 0 Å². The van der Waals surface area contributed by atoms with Crippen LogP contribution in [0.2, 0.25) is 0 Å². The SMILES string of the molecule is CCN(CC)S(=O)(=O)N1CCCCC1C=O. The van der Waals surface area contributed by atoms with E-state index in [9.17, 15) is 13.2 Å². The van der Waals surface area contributed by atoms with E-state index in [1.807, 2.05) is 0 Å². The maximum Gasteiger partial charge on any atom is 0.282 e. The van der Waals surface area contributed by atoms with Crippen LogP contribution in [0, 0.1) is 0 Å². The molecule has 0 radical (unpaired) electrons. The second kappa shape index (κ2) is 5.75. The zero-order valence-corrected chi connectivity index (χ0v) is 10.7. The number of nitrogens with zero attached hydrogens (tertiary/aromatic N) is 2. The number of hydrogen-bond acceptors (Lipinski definition) is 3. The summed E-state index contributed by atoms with van der Waals surface area (Å²) in [5.41, 5.74) is 0. The van der Waals surface area contributed by atoms with Gasteiger partial charge in [0.25, 0.3) is 10.2 Å². The summed E-state index contributed by atoms with van der Waals surface area (Å²) in [5.74, 6) is 0. The second-order valence-corrected chi connectivity index (χ2v) is 5.78. The smallest absolute Gasteiger partial charge is 0.282 e. The first-order valence-electron chi connectivity index (χ1n) is 5.80. The zero-order valence-electron chi connectivity index (χ0n) is 9.92. The van der Waals surface area contributed by atoms with E-state index in [0.717, 1.165) is 19.1 Å². The van der Waals surface area contributed by atoms with Crippen LogP contribution >= 0.6 is 0 Å². The van der Waals surface area contributed by atoms with Gasteiger partial charge in [-0.25, -0.2) is 0 Å². The van der Waals surface area contributed by atoms with Crippen molar-refractivity contribution in [2.24, 2.45) is 0 Å². The predicted molar refractivity (Wildman–Crippen MR) is 62.2 cm³/mol. The van der Waals surface area contributed by atoms with Gasteiger partial charge < -0.3 is 4.79 Å². The first-order valence-corrected chi connectivity index (χ1v) is 7.19. The van der Waals surface area contributed by atoms with Gasteiger partial charge in [-0.1, -0.05) is 20.3 Å². The van der Waals surface area contributed by atoms with Crippen LogP contribution in [0.3, 0.4) is 0 Å². The third-order valence-corrected chi connectivity index (χ3v) is 5.20.